The zero-order valence-corrected chi connectivity index (χ0v) is 14.7. The molecule has 1 aromatic rings. The van der Waals surface area contributed by atoms with Crippen LogP contribution in [0.4, 0.5) is 0 Å². The number of hydrogen-bond donors (Lipinski definition) is 1. The Balaban J connectivity index is 1.35. The fraction of sp³-hybridized carbons (Fsp3) is 0.632. The van der Waals surface area contributed by atoms with Gasteiger partial charge in [0.05, 0.1) is 0 Å². The Morgan fingerprint density at radius 2 is 1.96 bits per heavy atom. The monoisotopic (exact) mass is 345 g/mol. The predicted molar refractivity (Wildman–Crippen MR) is 94.0 cm³/mol. The van der Waals surface area contributed by atoms with Crippen molar-refractivity contribution >= 4 is 11.8 Å². The first-order valence-corrected chi connectivity index (χ1v) is 9.29. The van der Waals surface area contributed by atoms with E-state index in [1.165, 1.54) is 0 Å². The normalized spacial score (nSPS) is 21.3. The lowest BCUT2D eigenvalue weighted by molar-refractivity contribution is -0.126. The van der Waals surface area contributed by atoms with Gasteiger partial charge in [-0.15, -0.1) is 0 Å². The van der Waals surface area contributed by atoms with Crippen molar-refractivity contribution in [1.82, 2.24) is 15.2 Å². The minimum absolute atomic E-state index is 0.0244. The van der Waals surface area contributed by atoms with Crippen molar-refractivity contribution in [2.75, 3.05) is 32.8 Å². The lowest BCUT2D eigenvalue weighted by atomic mass is 9.95. The number of piperidine rings is 1. The lowest BCUT2D eigenvalue weighted by Gasteiger charge is -2.31. The quantitative estimate of drug-likeness (QED) is 0.799. The molecule has 2 saturated heterocycles. The van der Waals surface area contributed by atoms with Gasteiger partial charge in [-0.2, -0.15) is 0 Å². The van der Waals surface area contributed by atoms with E-state index in [2.05, 4.69) is 10.3 Å². The molecule has 2 aliphatic heterocycles. The summed E-state index contributed by atoms with van der Waals surface area (Å²) >= 11 is 0. The molecule has 0 unspecified atom stereocenters. The van der Waals surface area contributed by atoms with Crippen LogP contribution in [-0.4, -0.2) is 54.5 Å². The van der Waals surface area contributed by atoms with Gasteiger partial charge in [-0.1, -0.05) is 0 Å². The first kappa shape index (κ1) is 17.9. The zero-order valence-electron chi connectivity index (χ0n) is 14.7. The molecule has 0 aliphatic carbocycles. The molecule has 0 bridgehead atoms. The Labute approximate surface area is 148 Å². The lowest BCUT2D eigenvalue weighted by Crippen LogP contribution is -2.43. The Hall–Kier alpha value is -1.95. The standard InChI is InChI=1S/C19H27N3O3/c23-18(21-8-1-2-15-7-13-25-14-15)16-5-11-22(12-6-16)19(24)17-3-9-20-10-4-17/h3-4,9-10,15-16H,1-2,5-8,11-14H2,(H,21,23)/t15-/m1/s1. The molecule has 25 heavy (non-hydrogen) atoms. The van der Waals surface area contributed by atoms with Gasteiger partial charge in [0.2, 0.25) is 5.91 Å². The molecule has 0 radical (unpaired) electrons. The van der Waals surface area contributed by atoms with Crippen molar-refractivity contribution in [2.45, 2.75) is 32.1 Å². The van der Waals surface area contributed by atoms with Crippen LogP contribution < -0.4 is 5.32 Å². The van der Waals surface area contributed by atoms with Crippen LogP contribution in [0.3, 0.4) is 0 Å². The number of ether oxygens (including phenoxy) is 1. The zero-order chi connectivity index (χ0) is 17.5. The third kappa shape index (κ3) is 5.01. The maximum absolute atomic E-state index is 12.4. The van der Waals surface area contributed by atoms with Crippen molar-refractivity contribution in [3.63, 3.8) is 0 Å². The Kier molecular flexibility index (Phi) is 6.39. The fourth-order valence-electron chi connectivity index (χ4n) is 3.58. The van der Waals surface area contributed by atoms with Crippen molar-refractivity contribution in [2.24, 2.45) is 11.8 Å². The summed E-state index contributed by atoms with van der Waals surface area (Å²) in [5, 5.41) is 3.06. The van der Waals surface area contributed by atoms with Gasteiger partial charge in [0.1, 0.15) is 0 Å². The van der Waals surface area contributed by atoms with E-state index in [1.807, 2.05) is 4.90 Å². The van der Waals surface area contributed by atoms with Crippen LogP contribution in [0.1, 0.15) is 42.5 Å². The molecule has 1 atom stereocenters. The van der Waals surface area contributed by atoms with Gasteiger partial charge in [0.15, 0.2) is 0 Å². The molecule has 0 saturated carbocycles. The highest BCUT2D eigenvalue weighted by molar-refractivity contribution is 5.94. The van der Waals surface area contributed by atoms with Crippen LogP contribution in [0.15, 0.2) is 24.5 Å². The highest BCUT2D eigenvalue weighted by atomic mass is 16.5. The van der Waals surface area contributed by atoms with Crippen molar-refractivity contribution in [3.05, 3.63) is 30.1 Å². The molecule has 2 amide bonds. The maximum Gasteiger partial charge on any atom is 0.253 e. The molecule has 6 nitrogen and oxygen atoms in total. The number of carbonyl (C=O) groups excluding carboxylic acids is 2. The summed E-state index contributed by atoms with van der Waals surface area (Å²) < 4.78 is 5.37. The van der Waals surface area contributed by atoms with Gasteiger partial charge in [-0.25, -0.2) is 0 Å². The molecule has 2 aliphatic rings. The number of nitrogens with one attached hydrogen (secondary N) is 1. The number of rotatable bonds is 6. The largest absolute Gasteiger partial charge is 0.381 e. The molecule has 0 spiro atoms. The summed E-state index contributed by atoms with van der Waals surface area (Å²) in [5.41, 5.74) is 0.661. The van der Waals surface area contributed by atoms with E-state index in [1.54, 1.807) is 24.5 Å². The summed E-state index contributed by atoms with van der Waals surface area (Å²) in [7, 11) is 0. The third-order valence-electron chi connectivity index (χ3n) is 5.19. The number of carbonyl (C=O) groups is 2. The second-order valence-corrected chi connectivity index (χ2v) is 6.97. The van der Waals surface area contributed by atoms with Crippen molar-refractivity contribution in [1.29, 1.82) is 0 Å². The van der Waals surface area contributed by atoms with Gasteiger partial charge in [-0.3, -0.25) is 14.6 Å². The molecule has 136 valence electrons. The van der Waals surface area contributed by atoms with Gasteiger partial charge in [-0.05, 0) is 50.2 Å². The molecule has 3 heterocycles. The number of likely N-dealkylation sites (tertiary alicyclic amines) is 1. The van der Waals surface area contributed by atoms with E-state index in [-0.39, 0.29) is 17.7 Å². The van der Waals surface area contributed by atoms with Crippen molar-refractivity contribution in [3.8, 4) is 0 Å². The first-order chi connectivity index (χ1) is 12.2. The van der Waals surface area contributed by atoms with Gasteiger partial charge in [0, 0.05) is 56.7 Å². The highest BCUT2D eigenvalue weighted by Gasteiger charge is 2.27. The molecule has 1 aromatic heterocycles. The Bertz CT molecular complexity index is 565. The molecule has 6 heteroatoms. The minimum atomic E-state index is 0.0244. The number of hydrogen-bond acceptors (Lipinski definition) is 4. The summed E-state index contributed by atoms with van der Waals surface area (Å²) in [6.45, 7) is 3.77. The topological polar surface area (TPSA) is 71.5 Å². The van der Waals surface area contributed by atoms with E-state index in [9.17, 15) is 9.59 Å². The fourth-order valence-corrected chi connectivity index (χ4v) is 3.58. The molecular weight excluding hydrogens is 318 g/mol. The Morgan fingerprint density at radius 1 is 1.20 bits per heavy atom. The van der Waals surface area contributed by atoms with Crippen LogP contribution in [0.25, 0.3) is 0 Å². The highest BCUT2D eigenvalue weighted by Crippen LogP contribution is 2.20. The van der Waals surface area contributed by atoms with Crippen LogP contribution >= 0.6 is 0 Å². The molecular formula is C19H27N3O3. The van der Waals surface area contributed by atoms with Gasteiger partial charge in [0.25, 0.3) is 5.91 Å². The Morgan fingerprint density at radius 3 is 2.64 bits per heavy atom. The summed E-state index contributed by atoms with van der Waals surface area (Å²) in [6, 6.07) is 3.47. The molecule has 2 fully saturated rings. The van der Waals surface area contributed by atoms with Crippen molar-refractivity contribution < 1.29 is 14.3 Å². The van der Waals surface area contributed by atoms with Gasteiger partial charge >= 0.3 is 0 Å². The smallest absolute Gasteiger partial charge is 0.253 e. The van der Waals surface area contributed by atoms with E-state index in [4.69, 9.17) is 4.74 Å². The average Bonchev–Trinajstić information content (AvgIpc) is 3.19. The summed E-state index contributed by atoms with van der Waals surface area (Å²) in [4.78, 5) is 30.5. The summed E-state index contributed by atoms with van der Waals surface area (Å²) in [5.74, 6) is 0.856. The maximum atomic E-state index is 12.4. The first-order valence-electron chi connectivity index (χ1n) is 9.29. The van der Waals surface area contributed by atoms with Crippen LogP contribution in [0.5, 0.6) is 0 Å². The summed E-state index contributed by atoms with van der Waals surface area (Å²) in [6.07, 6.45) is 8.02. The number of amides is 2. The van der Waals surface area contributed by atoms with E-state index < -0.39 is 0 Å². The van der Waals surface area contributed by atoms with Crippen LogP contribution in [0, 0.1) is 11.8 Å². The van der Waals surface area contributed by atoms with E-state index in [0.29, 0.717) is 24.6 Å². The third-order valence-corrected chi connectivity index (χ3v) is 5.19. The second kappa shape index (κ2) is 8.94. The average molecular weight is 345 g/mol. The van der Waals surface area contributed by atoms with E-state index >= 15 is 0 Å². The SMILES string of the molecule is O=C(NCCC[C@@H]1CCOC1)C1CCN(C(=O)c2ccncc2)CC1. The van der Waals surface area contributed by atoms with E-state index in [0.717, 1.165) is 51.9 Å². The van der Waals surface area contributed by atoms with Crippen LogP contribution in [0.2, 0.25) is 0 Å². The van der Waals surface area contributed by atoms with Gasteiger partial charge < -0.3 is 15.0 Å². The molecule has 3 rings (SSSR count). The second-order valence-electron chi connectivity index (χ2n) is 6.97. The molecule has 0 aromatic carbocycles. The molecule has 1 N–H and O–H groups in total. The number of pyridine rings is 1. The number of nitrogens with zero attached hydrogens (tertiary/aromatic N) is 2. The number of aromatic nitrogens is 1. The predicted octanol–water partition coefficient (Wildman–Crippen LogP) is 1.87. The van der Waals surface area contributed by atoms with Crippen LogP contribution in [-0.2, 0) is 9.53 Å². The minimum Gasteiger partial charge on any atom is -0.381 e.